The molecule has 0 amide bonds. The zero-order valence-corrected chi connectivity index (χ0v) is 10.6. The second-order valence-electron chi connectivity index (χ2n) is 3.75. The van der Waals surface area contributed by atoms with E-state index < -0.39 is 0 Å². The predicted molar refractivity (Wildman–Crippen MR) is 63.7 cm³/mol. The zero-order valence-electron chi connectivity index (χ0n) is 8.30. The number of hydrogen-bond donors (Lipinski definition) is 1. The molecule has 3 heteroatoms. The van der Waals surface area contributed by atoms with Crippen molar-refractivity contribution >= 4 is 27.5 Å². The van der Waals surface area contributed by atoms with Crippen molar-refractivity contribution in [2.75, 3.05) is 0 Å². The van der Waals surface area contributed by atoms with Crippen LogP contribution in [-0.4, -0.2) is 11.2 Å². The van der Waals surface area contributed by atoms with Gasteiger partial charge in [0.15, 0.2) is 0 Å². The first-order chi connectivity index (χ1) is 6.50. The fourth-order valence-corrected chi connectivity index (χ4v) is 1.99. The van der Waals surface area contributed by atoms with Crippen molar-refractivity contribution in [2.24, 2.45) is 5.92 Å². The first-order valence-corrected chi connectivity index (χ1v) is 5.79. The lowest BCUT2D eigenvalue weighted by Crippen LogP contribution is -2.17. The van der Waals surface area contributed by atoms with Crippen LogP contribution in [0.25, 0.3) is 0 Å². The Kier molecular flexibility index (Phi) is 4.42. The molecular formula is C11H14BrClO. The van der Waals surface area contributed by atoms with Crippen LogP contribution in [-0.2, 0) is 6.42 Å². The number of aliphatic hydroxyl groups is 1. The van der Waals surface area contributed by atoms with E-state index in [1.807, 2.05) is 32.0 Å². The van der Waals surface area contributed by atoms with Crippen LogP contribution < -0.4 is 0 Å². The standard InChI is InChI=1S/C11H14BrClO/c1-7(2)11(14)5-8-3-4-9(13)6-10(8)12/h3-4,6-7,11,14H,5H2,1-2H3. The molecule has 1 N–H and O–H groups in total. The Balaban J connectivity index is 2.77. The molecule has 78 valence electrons. The Bertz CT molecular complexity index is 312. The SMILES string of the molecule is CC(C)C(O)Cc1ccc(Cl)cc1Br. The minimum atomic E-state index is -0.299. The average Bonchev–Trinajstić information content (AvgIpc) is 2.09. The summed E-state index contributed by atoms with van der Waals surface area (Å²) in [5.74, 6) is 0.276. The van der Waals surface area contributed by atoms with Gasteiger partial charge in [-0.05, 0) is 30.0 Å². The van der Waals surface area contributed by atoms with E-state index in [1.165, 1.54) is 0 Å². The van der Waals surface area contributed by atoms with Crippen LogP contribution in [0.1, 0.15) is 19.4 Å². The Morgan fingerprint density at radius 2 is 2.07 bits per heavy atom. The molecule has 1 atom stereocenters. The molecule has 0 aromatic heterocycles. The summed E-state index contributed by atoms with van der Waals surface area (Å²) in [7, 11) is 0. The van der Waals surface area contributed by atoms with Crippen LogP contribution in [0.15, 0.2) is 22.7 Å². The molecule has 0 aliphatic carbocycles. The second kappa shape index (κ2) is 5.15. The molecule has 14 heavy (non-hydrogen) atoms. The van der Waals surface area contributed by atoms with E-state index in [2.05, 4.69) is 15.9 Å². The Hall–Kier alpha value is -0.0500. The molecule has 0 aliphatic rings. The number of rotatable bonds is 3. The Morgan fingerprint density at radius 3 is 2.57 bits per heavy atom. The number of benzene rings is 1. The molecule has 1 aromatic carbocycles. The third-order valence-corrected chi connectivity index (χ3v) is 3.19. The maximum absolute atomic E-state index is 9.72. The van der Waals surface area contributed by atoms with Gasteiger partial charge in [0, 0.05) is 9.50 Å². The van der Waals surface area contributed by atoms with Gasteiger partial charge < -0.3 is 5.11 Å². The van der Waals surface area contributed by atoms with Crippen LogP contribution in [0, 0.1) is 5.92 Å². The Morgan fingerprint density at radius 1 is 1.43 bits per heavy atom. The van der Waals surface area contributed by atoms with E-state index in [-0.39, 0.29) is 12.0 Å². The van der Waals surface area contributed by atoms with Gasteiger partial charge in [0.05, 0.1) is 6.10 Å². The average molecular weight is 278 g/mol. The van der Waals surface area contributed by atoms with Gasteiger partial charge in [-0.15, -0.1) is 0 Å². The summed E-state index contributed by atoms with van der Waals surface area (Å²) in [6.07, 6.45) is 0.363. The topological polar surface area (TPSA) is 20.2 Å². The van der Waals surface area contributed by atoms with Gasteiger partial charge in [0.1, 0.15) is 0 Å². The molecule has 0 spiro atoms. The monoisotopic (exact) mass is 276 g/mol. The van der Waals surface area contributed by atoms with Gasteiger partial charge in [-0.2, -0.15) is 0 Å². The number of aliphatic hydroxyl groups excluding tert-OH is 1. The van der Waals surface area contributed by atoms with E-state index >= 15 is 0 Å². The highest BCUT2D eigenvalue weighted by atomic mass is 79.9. The van der Waals surface area contributed by atoms with Gasteiger partial charge in [-0.3, -0.25) is 0 Å². The molecule has 1 aromatic rings. The lowest BCUT2D eigenvalue weighted by Gasteiger charge is -2.15. The maximum atomic E-state index is 9.72. The molecule has 0 heterocycles. The van der Waals surface area contributed by atoms with Crippen molar-refractivity contribution < 1.29 is 5.11 Å². The van der Waals surface area contributed by atoms with Gasteiger partial charge in [-0.25, -0.2) is 0 Å². The van der Waals surface area contributed by atoms with Crippen LogP contribution in [0.5, 0.6) is 0 Å². The molecule has 0 saturated heterocycles. The summed E-state index contributed by atoms with van der Waals surface area (Å²) in [6.45, 7) is 4.02. The molecule has 0 fully saturated rings. The summed E-state index contributed by atoms with van der Waals surface area (Å²) in [6, 6.07) is 5.64. The lowest BCUT2D eigenvalue weighted by molar-refractivity contribution is 0.125. The van der Waals surface area contributed by atoms with Crippen LogP contribution >= 0.6 is 27.5 Å². The van der Waals surface area contributed by atoms with E-state index in [9.17, 15) is 5.11 Å². The molecule has 0 aliphatic heterocycles. The van der Waals surface area contributed by atoms with Gasteiger partial charge in [-0.1, -0.05) is 47.4 Å². The van der Waals surface area contributed by atoms with Crippen molar-refractivity contribution in [3.05, 3.63) is 33.3 Å². The van der Waals surface area contributed by atoms with Crippen LogP contribution in [0.4, 0.5) is 0 Å². The van der Waals surface area contributed by atoms with Crippen molar-refractivity contribution in [3.63, 3.8) is 0 Å². The van der Waals surface area contributed by atoms with Gasteiger partial charge in [0.2, 0.25) is 0 Å². The van der Waals surface area contributed by atoms with Crippen LogP contribution in [0.2, 0.25) is 5.02 Å². The highest BCUT2D eigenvalue weighted by molar-refractivity contribution is 9.10. The zero-order chi connectivity index (χ0) is 10.7. The fraction of sp³-hybridized carbons (Fsp3) is 0.455. The number of halogens is 2. The Labute approximate surface area is 98.2 Å². The summed E-state index contributed by atoms with van der Waals surface area (Å²) >= 11 is 9.25. The minimum absolute atomic E-state index is 0.276. The molecule has 0 saturated carbocycles. The van der Waals surface area contributed by atoms with Crippen molar-refractivity contribution in [2.45, 2.75) is 26.4 Å². The van der Waals surface area contributed by atoms with E-state index in [0.717, 1.165) is 10.0 Å². The van der Waals surface area contributed by atoms with Crippen LogP contribution in [0.3, 0.4) is 0 Å². The summed E-state index contributed by atoms with van der Waals surface area (Å²) < 4.78 is 0.963. The molecular weight excluding hydrogens is 263 g/mol. The van der Waals surface area contributed by atoms with Crippen molar-refractivity contribution in [1.29, 1.82) is 0 Å². The lowest BCUT2D eigenvalue weighted by atomic mass is 9.99. The minimum Gasteiger partial charge on any atom is -0.393 e. The quantitative estimate of drug-likeness (QED) is 0.894. The normalized spacial score (nSPS) is 13.3. The molecule has 1 rings (SSSR count). The smallest absolute Gasteiger partial charge is 0.0603 e. The van der Waals surface area contributed by atoms with E-state index in [1.54, 1.807) is 0 Å². The number of hydrogen-bond acceptors (Lipinski definition) is 1. The van der Waals surface area contributed by atoms with Crippen molar-refractivity contribution in [1.82, 2.24) is 0 Å². The summed E-state index contributed by atoms with van der Waals surface area (Å²) in [5, 5.41) is 10.4. The molecule has 1 nitrogen and oxygen atoms in total. The van der Waals surface area contributed by atoms with Gasteiger partial charge >= 0.3 is 0 Å². The maximum Gasteiger partial charge on any atom is 0.0603 e. The summed E-state index contributed by atoms with van der Waals surface area (Å²) in [4.78, 5) is 0. The molecule has 0 radical (unpaired) electrons. The predicted octanol–water partition coefficient (Wildman–Crippen LogP) is 3.66. The third kappa shape index (κ3) is 3.26. The second-order valence-corrected chi connectivity index (χ2v) is 5.04. The largest absolute Gasteiger partial charge is 0.393 e. The fourth-order valence-electron chi connectivity index (χ4n) is 1.15. The molecule has 1 unspecified atom stereocenters. The van der Waals surface area contributed by atoms with E-state index in [4.69, 9.17) is 11.6 Å². The first-order valence-electron chi connectivity index (χ1n) is 4.62. The molecule has 0 bridgehead atoms. The van der Waals surface area contributed by atoms with Gasteiger partial charge in [0.25, 0.3) is 0 Å². The highest BCUT2D eigenvalue weighted by Crippen LogP contribution is 2.23. The highest BCUT2D eigenvalue weighted by Gasteiger charge is 2.11. The van der Waals surface area contributed by atoms with E-state index in [0.29, 0.717) is 11.4 Å². The third-order valence-electron chi connectivity index (χ3n) is 2.21. The van der Waals surface area contributed by atoms with Crippen molar-refractivity contribution in [3.8, 4) is 0 Å². The first kappa shape index (κ1) is 12.0. The summed E-state index contributed by atoms with van der Waals surface area (Å²) in [5.41, 5.74) is 1.09.